The fourth-order valence-corrected chi connectivity index (χ4v) is 0.459. The predicted octanol–water partition coefficient (Wildman–Crippen LogP) is 1.11. The van der Waals surface area contributed by atoms with E-state index in [1.165, 1.54) is 0 Å². The monoisotopic (exact) mass is 131 g/mol. The van der Waals surface area contributed by atoms with E-state index in [-0.39, 0.29) is 5.97 Å². The smallest absolute Gasteiger partial charge is 0.307 e. The lowest BCUT2D eigenvalue weighted by atomic mass is 10.3. The first-order valence-electron chi connectivity index (χ1n) is 3.05. The van der Waals surface area contributed by atoms with Gasteiger partial charge in [0.05, 0.1) is 0 Å². The second kappa shape index (κ2) is 5.56. The zero-order valence-electron chi connectivity index (χ0n) is 5.55. The number of carbonyl (C=O) groups is 1. The molecule has 0 bridgehead atoms. The molecule has 0 aromatic rings. The first kappa shape index (κ1) is 8.43. The minimum absolute atomic E-state index is 0.374. The molecule has 0 aromatic carbocycles. The fraction of sp³-hybridized carbons (Fsp3) is 0.833. The summed E-state index contributed by atoms with van der Waals surface area (Å²) in [4.78, 5) is 10.4. The van der Waals surface area contributed by atoms with Crippen LogP contribution in [0.4, 0.5) is 0 Å². The van der Waals surface area contributed by atoms with Gasteiger partial charge in [-0.3, -0.25) is 4.79 Å². The van der Waals surface area contributed by atoms with Gasteiger partial charge in [-0.25, -0.2) is 0 Å². The van der Waals surface area contributed by atoms with Gasteiger partial charge in [0.1, 0.15) is 0 Å². The van der Waals surface area contributed by atoms with Crippen molar-refractivity contribution in [3.05, 3.63) is 0 Å². The van der Waals surface area contributed by atoms with Gasteiger partial charge in [0, 0.05) is 6.42 Å². The molecule has 3 nitrogen and oxygen atoms in total. The summed E-state index contributed by atoms with van der Waals surface area (Å²) >= 11 is 0. The van der Waals surface area contributed by atoms with Gasteiger partial charge in [-0.2, -0.15) is 5.11 Å². The van der Waals surface area contributed by atoms with Crippen LogP contribution in [-0.2, 0) is 14.6 Å². The summed E-state index contributed by atoms with van der Waals surface area (Å²) in [6, 6.07) is 0. The molecule has 0 aliphatic carbocycles. The highest BCUT2D eigenvalue weighted by Gasteiger charge is 1.98. The molecule has 53 valence electrons. The Bertz CT molecular complexity index is 80.4. The zero-order valence-corrected chi connectivity index (χ0v) is 5.55. The van der Waals surface area contributed by atoms with Gasteiger partial charge in [-0.15, -0.1) is 0 Å². The third-order valence-electron chi connectivity index (χ3n) is 0.954. The molecule has 0 saturated heterocycles. The first-order valence-corrected chi connectivity index (χ1v) is 3.05. The van der Waals surface area contributed by atoms with E-state index < -0.39 is 6.79 Å². The maximum absolute atomic E-state index is 10.4. The lowest BCUT2D eigenvalue weighted by Crippen LogP contribution is -2.03. The SMILES string of the molecule is CCCCC(=O)OC[O]. The van der Waals surface area contributed by atoms with Gasteiger partial charge in [-0.05, 0) is 6.42 Å². The zero-order chi connectivity index (χ0) is 7.11. The Kier molecular flexibility index (Phi) is 5.21. The van der Waals surface area contributed by atoms with Crippen molar-refractivity contribution in [3.63, 3.8) is 0 Å². The summed E-state index contributed by atoms with van der Waals surface area (Å²) in [7, 11) is 0. The van der Waals surface area contributed by atoms with E-state index in [9.17, 15) is 9.90 Å². The summed E-state index contributed by atoms with van der Waals surface area (Å²) in [5.74, 6) is -0.383. The Morgan fingerprint density at radius 3 is 2.67 bits per heavy atom. The van der Waals surface area contributed by atoms with Crippen LogP contribution in [0.2, 0.25) is 0 Å². The van der Waals surface area contributed by atoms with Crippen LogP contribution in [0.3, 0.4) is 0 Å². The van der Waals surface area contributed by atoms with E-state index in [1.54, 1.807) is 0 Å². The molecule has 0 N–H and O–H groups in total. The topological polar surface area (TPSA) is 46.2 Å². The number of esters is 1. The number of ether oxygens (including phenoxy) is 1. The standard InChI is InChI=1S/C6H11O3/c1-2-3-4-6(8)9-5-7/h2-5H2,1H3. The Morgan fingerprint density at radius 1 is 1.56 bits per heavy atom. The average molecular weight is 131 g/mol. The molecule has 0 saturated carbocycles. The van der Waals surface area contributed by atoms with Gasteiger partial charge in [-0.1, -0.05) is 13.3 Å². The number of carbonyl (C=O) groups excluding carboxylic acids is 1. The molecular weight excluding hydrogens is 120 g/mol. The van der Waals surface area contributed by atoms with E-state index >= 15 is 0 Å². The Hall–Kier alpha value is -0.570. The van der Waals surface area contributed by atoms with Gasteiger partial charge in [0.25, 0.3) is 0 Å². The van der Waals surface area contributed by atoms with E-state index in [0.717, 1.165) is 12.8 Å². The lowest BCUT2D eigenvalue weighted by molar-refractivity contribution is -0.156. The van der Waals surface area contributed by atoms with E-state index in [2.05, 4.69) is 4.74 Å². The molecule has 0 spiro atoms. The largest absolute Gasteiger partial charge is 0.436 e. The molecule has 0 rings (SSSR count). The molecule has 0 fully saturated rings. The van der Waals surface area contributed by atoms with Crippen LogP contribution in [0.25, 0.3) is 0 Å². The normalized spacial score (nSPS) is 9.11. The van der Waals surface area contributed by atoms with Gasteiger partial charge >= 0.3 is 5.97 Å². The van der Waals surface area contributed by atoms with E-state index in [1.807, 2.05) is 6.92 Å². The quantitative estimate of drug-likeness (QED) is 0.423. The minimum atomic E-state index is -0.747. The first-order chi connectivity index (χ1) is 4.31. The third kappa shape index (κ3) is 5.30. The lowest BCUT2D eigenvalue weighted by Gasteiger charge is -1.96. The van der Waals surface area contributed by atoms with Gasteiger partial charge < -0.3 is 4.74 Å². The number of hydrogen-bond acceptors (Lipinski definition) is 2. The van der Waals surface area contributed by atoms with Crippen LogP contribution < -0.4 is 0 Å². The summed E-state index contributed by atoms with van der Waals surface area (Å²) in [6.07, 6.45) is 2.13. The Labute approximate surface area is 54.6 Å². The molecule has 0 heterocycles. The molecule has 0 aliphatic heterocycles. The fourth-order valence-electron chi connectivity index (χ4n) is 0.459. The van der Waals surface area contributed by atoms with Gasteiger partial charge in [0.2, 0.25) is 6.79 Å². The van der Waals surface area contributed by atoms with Gasteiger partial charge in [0.15, 0.2) is 0 Å². The number of hydrogen-bond donors (Lipinski definition) is 0. The number of rotatable bonds is 4. The van der Waals surface area contributed by atoms with Crippen molar-refractivity contribution in [1.82, 2.24) is 0 Å². The molecule has 3 heteroatoms. The van der Waals surface area contributed by atoms with Crippen molar-refractivity contribution in [3.8, 4) is 0 Å². The maximum Gasteiger partial charge on any atom is 0.307 e. The van der Waals surface area contributed by atoms with Crippen LogP contribution in [0.1, 0.15) is 26.2 Å². The summed E-state index contributed by atoms with van der Waals surface area (Å²) in [5.41, 5.74) is 0. The Morgan fingerprint density at radius 2 is 2.22 bits per heavy atom. The summed E-state index contributed by atoms with van der Waals surface area (Å²) in [5, 5.41) is 9.66. The molecule has 0 atom stereocenters. The van der Waals surface area contributed by atoms with Crippen LogP contribution >= 0.6 is 0 Å². The highest BCUT2D eigenvalue weighted by molar-refractivity contribution is 5.69. The maximum atomic E-state index is 10.4. The van der Waals surface area contributed by atoms with Crippen molar-refractivity contribution in [2.45, 2.75) is 26.2 Å². The van der Waals surface area contributed by atoms with Crippen LogP contribution in [0.15, 0.2) is 0 Å². The molecular formula is C6H11O3. The highest BCUT2D eigenvalue weighted by atomic mass is 16.6. The summed E-state index contributed by atoms with van der Waals surface area (Å²) < 4.78 is 4.15. The third-order valence-corrected chi connectivity index (χ3v) is 0.954. The molecule has 0 aliphatic rings. The molecule has 0 unspecified atom stereocenters. The van der Waals surface area contributed by atoms with Crippen LogP contribution in [0, 0.1) is 0 Å². The highest BCUT2D eigenvalue weighted by Crippen LogP contribution is 1.95. The van der Waals surface area contributed by atoms with Crippen LogP contribution in [0.5, 0.6) is 0 Å². The van der Waals surface area contributed by atoms with Crippen molar-refractivity contribution in [2.75, 3.05) is 6.79 Å². The van der Waals surface area contributed by atoms with E-state index in [4.69, 9.17) is 0 Å². The van der Waals surface area contributed by atoms with E-state index in [0.29, 0.717) is 6.42 Å². The van der Waals surface area contributed by atoms with Crippen molar-refractivity contribution in [2.24, 2.45) is 0 Å². The minimum Gasteiger partial charge on any atom is -0.436 e. The molecule has 9 heavy (non-hydrogen) atoms. The summed E-state index contributed by atoms with van der Waals surface area (Å²) in [6.45, 7) is 1.23. The number of unbranched alkanes of at least 4 members (excludes halogenated alkanes) is 1. The second-order valence-electron chi connectivity index (χ2n) is 1.74. The average Bonchev–Trinajstić information content (AvgIpc) is 1.85. The van der Waals surface area contributed by atoms with Crippen molar-refractivity contribution >= 4 is 5.97 Å². The molecule has 0 amide bonds. The van der Waals surface area contributed by atoms with Crippen LogP contribution in [-0.4, -0.2) is 12.8 Å². The molecule has 0 aromatic heterocycles. The van der Waals surface area contributed by atoms with Crippen molar-refractivity contribution in [1.29, 1.82) is 0 Å². The molecule has 1 radical (unpaired) electrons. The Balaban J connectivity index is 3.06. The predicted molar refractivity (Wildman–Crippen MR) is 31.2 cm³/mol. The van der Waals surface area contributed by atoms with Crippen molar-refractivity contribution < 1.29 is 14.6 Å². The second-order valence-corrected chi connectivity index (χ2v) is 1.74.